The van der Waals surface area contributed by atoms with Gasteiger partial charge in [-0.15, -0.1) is 0 Å². The van der Waals surface area contributed by atoms with Crippen molar-refractivity contribution in [1.29, 1.82) is 0 Å². The molecule has 3 aromatic carbocycles. The minimum Gasteiger partial charge on any atom is -0.504 e. The van der Waals surface area contributed by atoms with Gasteiger partial charge < -0.3 is 19.3 Å². The Kier molecular flexibility index (Phi) is 3.05. The van der Waals surface area contributed by atoms with Gasteiger partial charge >= 0.3 is 0 Å². The first-order chi connectivity index (χ1) is 13.7. The van der Waals surface area contributed by atoms with Crippen molar-refractivity contribution in [1.82, 2.24) is 0 Å². The fraction of sp³-hybridized carbons (Fsp3) is 0.261. The Balaban J connectivity index is 1.84. The molecule has 2 aliphatic heterocycles. The van der Waals surface area contributed by atoms with E-state index in [2.05, 4.69) is 41.8 Å². The summed E-state index contributed by atoms with van der Waals surface area (Å²) in [6.45, 7) is 3.44. The van der Waals surface area contributed by atoms with Crippen molar-refractivity contribution >= 4 is 32.4 Å². The third kappa shape index (κ3) is 1.93. The van der Waals surface area contributed by atoms with Crippen molar-refractivity contribution in [2.24, 2.45) is 5.92 Å². The lowest BCUT2D eigenvalue weighted by atomic mass is 9.97. The van der Waals surface area contributed by atoms with E-state index in [9.17, 15) is 5.11 Å². The molecule has 1 unspecified atom stereocenters. The van der Waals surface area contributed by atoms with Gasteiger partial charge in [0.05, 0.1) is 23.3 Å². The maximum atomic E-state index is 10.9. The third-order valence-electron chi connectivity index (χ3n) is 6.06. The Hall–Kier alpha value is -3.21. The average Bonchev–Trinajstić information content (AvgIpc) is 3.31. The third-order valence-corrected chi connectivity index (χ3v) is 6.06. The highest BCUT2D eigenvalue weighted by atomic mass is 16.7. The predicted molar refractivity (Wildman–Crippen MR) is 106 cm³/mol. The summed E-state index contributed by atoms with van der Waals surface area (Å²) in [6.07, 6.45) is 0.925. The second kappa shape index (κ2) is 5.41. The van der Waals surface area contributed by atoms with Gasteiger partial charge in [-0.25, -0.2) is 0 Å². The van der Waals surface area contributed by atoms with E-state index in [-0.39, 0.29) is 12.5 Å². The molecule has 3 heterocycles. The Labute approximate surface area is 161 Å². The average molecular weight is 374 g/mol. The number of fused-ring (bicyclic) bond motifs is 9. The lowest BCUT2D eigenvalue weighted by molar-refractivity contribution is -0.666. The standard InChI is InChI=1S/C23H19NO4/c1-12-7-17-21-14(5-6-18(26-2)23(21)25)15-4-3-13-8-19-20(28-11-27-19)9-16(13)22(15)24(17)10-12/h3-6,8-9,12H,7,10-11H2,1-2H3/p+1. The lowest BCUT2D eigenvalue weighted by Gasteiger charge is -2.12. The quantitative estimate of drug-likeness (QED) is 0.403. The summed E-state index contributed by atoms with van der Waals surface area (Å²) in [5.74, 6) is 2.83. The number of hydrogen-bond acceptors (Lipinski definition) is 4. The molecule has 0 amide bonds. The van der Waals surface area contributed by atoms with Crippen molar-refractivity contribution in [2.75, 3.05) is 13.9 Å². The van der Waals surface area contributed by atoms with Crippen LogP contribution in [0, 0.1) is 5.92 Å². The molecule has 0 saturated heterocycles. The second-order valence-electron chi connectivity index (χ2n) is 7.79. The Morgan fingerprint density at radius 2 is 1.82 bits per heavy atom. The van der Waals surface area contributed by atoms with E-state index in [1.165, 1.54) is 5.52 Å². The number of nitrogens with zero attached hydrogens (tertiary/aromatic N) is 1. The number of aromatic nitrogens is 1. The molecule has 0 fully saturated rings. The van der Waals surface area contributed by atoms with Crippen LogP contribution in [0.25, 0.3) is 32.4 Å². The fourth-order valence-electron chi connectivity index (χ4n) is 4.85. The van der Waals surface area contributed by atoms with Gasteiger partial charge in [0.25, 0.3) is 0 Å². The number of methoxy groups -OCH3 is 1. The molecule has 6 rings (SSSR count). The molecule has 4 aromatic rings. The molecule has 1 atom stereocenters. The Bertz CT molecular complexity index is 1310. The number of aromatic hydroxyl groups is 1. The van der Waals surface area contributed by atoms with Crippen molar-refractivity contribution < 1.29 is 23.9 Å². The predicted octanol–water partition coefficient (Wildman–Crippen LogP) is 4.07. The molecule has 0 bridgehead atoms. The van der Waals surface area contributed by atoms with E-state index in [0.29, 0.717) is 11.7 Å². The molecular weight excluding hydrogens is 354 g/mol. The van der Waals surface area contributed by atoms with Gasteiger partial charge in [-0.05, 0) is 35.7 Å². The SMILES string of the molecule is COc1ccc2c(c1O)c1[n+](c3c4cc5c(cc4ccc23)OCO5)CC(C)C1. The maximum absolute atomic E-state index is 10.9. The Morgan fingerprint density at radius 1 is 1.04 bits per heavy atom. The molecule has 0 spiro atoms. The summed E-state index contributed by atoms with van der Waals surface area (Å²) in [6, 6.07) is 12.3. The molecule has 0 saturated carbocycles. The van der Waals surface area contributed by atoms with Gasteiger partial charge in [0, 0.05) is 17.7 Å². The van der Waals surface area contributed by atoms with Crippen LogP contribution >= 0.6 is 0 Å². The Morgan fingerprint density at radius 3 is 2.64 bits per heavy atom. The number of rotatable bonds is 1. The van der Waals surface area contributed by atoms with E-state index >= 15 is 0 Å². The monoisotopic (exact) mass is 374 g/mol. The molecule has 1 N–H and O–H groups in total. The van der Waals surface area contributed by atoms with E-state index < -0.39 is 0 Å². The molecule has 28 heavy (non-hydrogen) atoms. The van der Waals surface area contributed by atoms with E-state index in [0.717, 1.165) is 57.1 Å². The van der Waals surface area contributed by atoms with Gasteiger partial charge in [-0.3, -0.25) is 0 Å². The lowest BCUT2D eigenvalue weighted by Crippen LogP contribution is -2.35. The van der Waals surface area contributed by atoms with Crippen LogP contribution < -0.4 is 18.8 Å². The number of phenols is 1. The summed E-state index contributed by atoms with van der Waals surface area (Å²) < 4.78 is 19.0. The fourth-order valence-corrected chi connectivity index (χ4v) is 4.85. The summed E-state index contributed by atoms with van der Waals surface area (Å²) >= 11 is 0. The first-order valence-corrected chi connectivity index (χ1v) is 9.56. The smallest absolute Gasteiger partial charge is 0.231 e. The zero-order valence-corrected chi connectivity index (χ0v) is 15.8. The molecule has 5 nitrogen and oxygen atoms in total. The maximum Gasteiger partial charge on any atom is 0.231 e. The van der Waals surface area contributed by atoms with Crippen LogP contribution in [0.15, 0.2) is 36.4 Å². The molecular formula is C23H20NO4+. The topological polar surface area (TPSA) is 51.8 Å². The highest BCUT2D eigenvalue weighted by Gasteiger charge is 2.34. The van der Waals surface area contributed by atoms with E-state index in [1.54, 1.807) is 7.11 Å². The van der Waals surface area contributed by atoms with Crippen LogP contribution in [0.2, 0.25) is 0 Å². The molecule has 2 aliphatic rings. The van der Waals surface area contributed by atoms with E-state index in [1.807, 2.05) is 6.07 Å². The summed E-state index contributed by atoms with van der Waals surface area (Å²) in [5, 5.41) is 16.3. The van der Waals surface area contributed by atoms with Crippen LogP contribution in [-0.2, 0) is 13.0 Å². The number of phenolic OH excluding ortho intramolecular Hbond substituents is 1. The first-order valence-electron chi connectivity index (χ1n) is 9.56. The number of ether oxygens (including phenoxy) is 3. The highest BCUT2D eigenvalue weighted by molar-refractivity contribution is 6.16. The molecule has 0 aliphatic carbocycles. The largest absolute Gasteiger partial charge is 0.504 e. The van der Waals surface area contributed by atoms with Crippen molar-refractivity contribution in [3.05, 3.63) is 42.1 Å². The van der Waals surface area contributed by atoms with Crippen LogP contribution in [-0.4, -0.2) is 19.0 Å². The molecule has 1 aromatic heterocycles. The minimum absolute atomic E-state index is 0.227. The first kappa shape index (κ1) is 15.8. The van der Waals surface area contributed by atoms with Gasteiger partial charge in [0.15, 0.2) is 35.2 Å². The van der Waals surface area contributed by atoms with Crippen molar-refractivity contribution in [2.45, 2.75) is 19.9 Å². The summed E-state index contributed by atoms with van der Waals surface area (Å²) in [4.78, 5) is 0. The van der Waals surface area contributed by atoms with Crippen LogP contribution in [0.1, 0.15) is 12.6 Å². The van der Waals surface area contributed by atoms with Crippen LogP contribution in [0.5, 0.6) is 23.0 Å². The summed E-state index contributed by atoms with van der Waals surface area (Å²) in [5.41, 5.74) is 2.35. The number of pyridine rings is 1. The van der Waals surface area contributed by atoms with Gasteiger partial charge in [0.1, 0.15) is 0 Å². The van der Waals surface area contributed by atoms with Gasteiger partial charge in [0.2, 0.25) is 12.3 Å². The van der Waals surface area contributed by atoms with Crippen LogP contribution in [0.3, 0.4) is 0 Å². The second-order valence-corrected chi connectivity index (χ2v) is 7.79. The molecule has 140 valence electrons. The van der Waals surface area contributed by atoms with E-state index in [4.69, 9.17) is 14.2 Å². The zero-order chi connectivity index (χ0) is 19.0. The summed E-state index contributed by atoms with van der Waals surface area (Å²) in [7, 11) is 1.59. The van der Waals surface area contributed by atoms with Crippen molar-refractivity contribution in [3.8, 4) is 23.0 Å². The minimum atomic E-state index is 0.227. The zero-order valence-electron chi connectivity index (χ0n) is 15.8. The highest BCUT2D eigenvalue weighted by Crippen LogP contribution is 2.43. The van der Waals surface area contributed by atoms with Gasteiger partial charge in [-0.2, -0.15) is 4.57 Å². The van der Waals surface area contributed by atoms with Crippen LogP contribution in [0.4, 0.5) is 0 Å². The molecule has 0 radical (unpaired) electrons. The number of benzene rings is 3. The van der Waals surface area contributed by atoms with Crippen molar-refractivity contribution in [3.63, 3.8) is 0 Å². The molecule has 5 heteroatoms. The normalized spacial score (nSPS) is 17.6. The number of hydrogen-bond donors (Lipinski definition) is 1. The van der Waals surface area contributed by atoms with Gasteiger partial charge in [-0.1, -0.05) is 13.0 Å².